The van der Waals surface area contributed by atoms with Crippen LogP contribution in [0.25, 0.3) is 17.4 Å². The summed E-state index contributed by atoms with van der Waals surface area (Å²) in [5.74, 6) is 0.436. The molecule has 2 amide bonds. The quantitative estimate of drug-likeness (QED) is 0.816. The fourth-order valence-corrected chi connectivity index (χ4v) is 3.12. The molecule has 1 saturated heterocycles. The monoisotopic (exact) mass is 350 g/mol. The minimum absolute atomic E-state index is 0.00712. The molecular formula is C14H10N2O5S2. The second-order valence-corrected chi connectivity index (χ2v) is 7.20. The van der Waals surface area contributed by atoms with E-state index in [4.69, 9.17) is 9.56 Å². The van der Waals surface area contributed by atoms with Gasteiger partial charge in [-0.1, -0.05) is 0 Å². The van der Waals surface area contributed by atoms with Gasteiger partial charge >= 0.3 is 0 Å². The molecule has 1 aromatic heterocycles. The van der Waals surface area contributed by atoms with E-state index in [2.05, 4.69) is 5.32 Å². The van der Waals surface area contributed by atoms with Crippen LogP contribution in [-0.4, -0.2) is 19.6 Å². The average molecular weight is 350 g/mol. The summed E-state index contributed by atoms with van der Waals surface area (Å²) in [6.45, 7) is 0. The zero-order valence-corrected chi connectivity index (χ0v) is 13.1. The highest BCUT2D eigenvalue weighted by molar-refractivity contribution is 8.18. The second-order valence-electron chi connectivity index (χ2n) is 4.62. The van der Waals surface area contributed by atoms with Crippen LogP contribution in [0.5, 0.6) is 0 Å². The lowest BCUT2D eigenvalue weighted by molar-refractivity contribution is -0.115. The van der Waals surface area contributed by atoms with Crippen LogP contribution < -0.4 is 10.5 Å². The van der Waals surface area contributed by atoms with Crippen molar-refractivity contribution in [3.8, 4) is 11.3 Å². The van der Waals surface area contributed by atoms with Crippen molar-refractivity contribution >= 4 is 39.0 Å². The van der Waals surface area contributed by atoms with E-state index in [1.807, 2.05) is 0 Å². The molecule has 1 aliphatic heterocycles. The highest BCUT2D eigenvalue weighted by Crippen LogP contribution is 2.28. The van der Waals surface area contributed by atoms with Crippen LogP contribution in [0, 0.1) is 0 Å². The summed E-state index contributed by atoms with van der Waals surface area (Å²) in [5.41, 5.74) is 0.654. The predicted molar refractivity (Wildman–Crippen MR) is 84.6 cm³/mol. The Balaban J connectivity index is 1.86. The molecule has 7 nitrogen and oxygen atoms in total. The number of sulfonamides is 1. The van der Waals surface area contributed by atoms with Crippen LogP contribution in [0.3, 0.4) is 0 Å². The molecule has 2 aromatic rings. The zero-order valence-electron chi connectivity index (χ0n) is 11.5. The molecule has 0 unspecified atom stereocenters. The molecule has 0 spiro atoms. The normalized spacial score (nSPS) is 16.8. The number of carbonyl (C=O) groups is 2. The summed E-state index contributed by atoms with van der Waals surface area (Å²) in [4.78, 5) is 22.8. The number of carbonyl (C=O) groups excluding carboxylic acids is 2. The van der Waals surface area contributed by atoms with Crippen LogP contribution in [0.15, 0.2) is 50.6 Å². The molecule has 1 aliphatic rings. The smallest absolute Gasteiger partial charge is 0.290 e. The van der Waals surface area contributed by atoms with Crippen molar-refractivity contribution in [3.05, 3.63) is 47.1 Å². The van der Waals surface area contributed by atoms with Crippen molar-refractivity contribution in [1.29, 1.82) is 0 Å². The van der Waals surface area contributed by atoms with Gasteiger partial charge in [0, 0.05) is 11.6 Å². The van der Waals surface area contributed by atoms with Gasteiger partial charge in [0.2, 0.25) is 10.0 Å². The first-order chi connectivity index (χ1) is 10.8. The highest BCUT2D eigenvalue weighted by atomic mass is 32.2. The van der Waals surface area contributed by atoms with E-state index < -0.39 is 21.2 Å². The molecule has 23 heavy (non-hydrogen) atoms. The Kier molecular flexibility index (Phi) is 3.84. The molecule has 0 saturated carbocycles. The maximum atomic E-state index is 11.5. The van der Waals surface area contributed by atoms with Crippen molar-refractivity contribution in [2.24, 2.45) is 5.14 Å². The summed E-state index contributed by atoms with van der Waals surface area (Å²) in [6.07, 6.45) is 1.47. The molecular weight excluding hydrogens is 340 g/mol. The number of nitrogens with one attached hydrogen (secondary N) is 1. The minimum Gasteiger partial charge on any atom is -0.457 e. The number of furan rings is 1. The highest BCUT2D eigenvalue weighted by Gasteiger charge is 2.25. The summed E-state index contributed by atoms with van der Waals surface area (Å²) < 4.78 is 28.0. The van der Waals surface area contributed by atoms with E-state index in [-0.39, 0.29) is 9.80 Å². The number of amides is 2. The van der Waals surface area contributed by atoms with E-state index in [1.54, 1.807) is 24.3 Å². The molecule has 3 N–H and O–H groups in total. The van der Waals surface area contributed by atoms with E-state index in [9.17, 15) is 18.0 Å². The molecule has 3 rings (SSSR count). The fraction of sp³-hybridized carbons (Fsp3) is 0. The Bertz CT molecular complexity index is 926. The standard InChI is InChI=1S/C14H10N2O5S2/c15-23(19,20)10-4-1-8(2-5-10)11-6-3-9(21-11)7-12-13(17)16-14(18)22-12/h1-7H,(H2,15,19,20)(H,16,17,18). The molecule has 0 aliphatic carbocycles. The van der Waals surface area contributed by atoms with E-state index >= 15 is 0 Å². The number of hydrogen-bond acceptors (Lipinski definition) is 6. The second kappa shape index (κ2) is 5.69. The number of hydrogen-bond donors (Lipinski definition) is 2. The van der Waals surface area contributed by atoms with Gasteiger partial charge in [0.1, 0.15) is 11.5 Å². The topological polar surface area (TPSA) is 119 Å². The van der Waals surface area contributed by atoms with E-state index in [0.29, 0.717) is 17.1 Å². The van der Waals surface area contributed by atoms with Crippen molar-refractivity contribution in [1.82, 2.24) is 5.32 Å². The van der Waals surface area contributed by atoms with Crippen molar-refractivity contribution in [2.75, 3.05) is 0 Å². The summed E-state index contributed by atoms with van der Waals surface area (Å²) >= 11 is 0.799. The fourth-order valence-electron chi connectivity index (χ4n) is 1.94. The first-order valence-corrected chi connectivity index (χ1v) is 8.67. The lowest BCUT2D eigenvalue weighted by Gasteiger charge is -2.00. The molecule has 1 fully saturated rings. The van der Waals surface area contributed by atoms with Gasteiger partial charge < -0.3 is 4.42 Å². The lowest BCUT2D eigenvalue weighted by Crippen LogP contribution is -2.17. The van der Waals surface area contributed by atoms with Gasteiger partial charge in [-0.3, -0.25) is 14.9 Å². The van der Waals surface area contributed by atoms with Crippen LogP contribution in [0.4, 0.5) is 4.79 Å². The SMILES string of the molecule is NS(=O)(=O)c1ccc(-c2ccc(C=C3SC(=O)NC3=O)o2)cc1. The molecule has 118 valence electrons. The van der Waals surface area contributed by atoms with Gasteiger partial charge in [0.15, 0.2) is 0 Å². The largest absolute Gasteiger partial charge is 0.457 e. The van der Waals surface area contributed by atoms with Crippen LogP contribution >= 0.6 is 11.8 Å². The number of primary sulfonamides is 1. The van der Waals surface area contributed by atoms with Crippen molar-refractivity contribution in [2.45, 2.75) is 4.90 Å². The zero-order chi connectivity index (χ0) is 16.6. The first kappa shape index (κ1) is 15.5. The lowest BCUT2D eigenvalue weighted by atomic mass is 10.2. The number of rotatable bonds is 3. The third-order valence-corrected chi connectivity index (χ3v) is 4.75. The molecule has 0 radical (unpaired) electrons. The molecule has 2 heterocycles. The predicted octanol–water partition coefficient (Wildman–Crippen LogP) is 1.92. The number of thioether (sulfide) groups is 1. The van der Waals surface area contributed by atoms with Gasteiger partial charge in [-0.2, -0.15) is 0 Å². The van der Waals surface area contributed by atoms with Gasteiger partial charge in [-0.25, -0.2) is 13.6 Å². The summed E-state index contributed by atoms with van der Waals surface area (Å²) in [6, 6.07) is 9.21. The minimum atomic E-state index is -3.74. The van der Waals surface area contributed by atoms with Crippen LogP contribution in [0.2, 0.25) is 0 Å². The van der Waals surface area contributed by atoms with E-state index in [1.165, 1.54) is 18.2 Å². The van der Waals surface area contributed by atoms with Gasteiger partial charge in [0.05, 0.1) is 9.80 Å². The Morgan fingerprint density at radius 1 is 1.09 bits per heavy atom. The number of nitrogens with two attached hydrogens (primary N) is 1. The Morgan fingerprint density at radius 3 is 2.35 bits per heavy atom. The number of benzene rings is 1. The summed E-state index contributed by atoms with van der Waals surface area (Å²) in [7, 11) is -3.74. The number of imide groups is 1. The Labute approximate surface area is 135 Å². The first-order valence-electron chi connectivity index (χ1n) is 6.31. The maximum absolute atomic E-state index is 11.5. The van der Waals surface area contributed by atoms with Crippen molar-refractivity contribution in [3.63, 3.8) is 0 Å². The van der Waals surface area contributed by atoms with Gasteiger partial charge in [-0.15, -0.1) is 0 Å². The molecule has 9 heteroatoms. The third-order valence-electron chi connectivity index (χ3n) is 3.01. The van der Waals surface area contributed by atoms with Gasteiger partial charge in [0.25, 0.3) is 11.1 Å². The summed E-state index contributed by atoms with van der Waals surface area (Å²) in [5, 5.41) is 6.77. The van der Waals surface area contributed by atoms with Gasteiger partial charge in [-0.05, 0) is 48.2 Å². The molecule has 1 aromatic carbocycles. The van der Waals surface area contributed by atoms with Crippen LogP contribution in [0.1, 0.15) is 5.76 Å². The van der Waals surface area contributed by atoms with Crippen LogP contribution in [-0.2, 0) is 14.8 Å². The Morgan fingerprint density at radius 2 is 1.78 bits per heavy atom. The third kappa shape index (κ3) is 3.36. The molecule has 0 atom stereocenters. The maximum Gasteiger partial charge on any atom is 0.290 e. The van der Waals surface area contributed by atoms with Crippen molar-refractivity contribution < 1.29 is 22.4 Å². The van der Waals surface area contributed by atoms with E-state index in [0.717, 1.165) is 11.8 Å². The average Bonchev–Trinajstić information content (AvgIpc) is 3.06. The molecule has 0 bridgehead atoms. The Hall–Kier alpha value is -2.36.